The number of hydrogen-bond donors (Lipinski definition) is 1. The van der Waals surface area contributed by atoms with Crippen LogP contribution in [0.2, 0.25) is 0 Å². The van der Waals surface area contributed by atoms with Gasteiger partial charge in [-0.1, -0.05) is 6.92 Å². The summed E-state index contributed by atoms with van der Waals surface area (Å²) >= 11 is 0. The van der Waals surface area contributed by atoms with Gasteiger partial charge in [0.05, 0.1) is 0 Å². The first-order valence-electron chi connectivity index (χ1n) is 4.64. The summed E-state index contributed by atoms with van der Waals surface area (Å²) < 4.78 is 0. The molecule has 0 bridgehead atoms. The summed E-state index contributed by atoms with van der Waals surface area (Å²) in [7, 11) is 2.21. The lowest BCUT2D eigenvalue weighted by atomic mass is 9.81. The third-order valence-electron chi connectivity index (χ3n) is 2.69. The van der Waals surface area contributed by atoms with Crippen molar-refractivity contribution < 1.29 is 0 Å². The second-order valence-electron chi connectivity index (χ2n) is 3.85. The van der Waals surface area contributed by atoms with Gasteiger partial charge in [-0.15, -0.1) is 0 Å². The second-order valence-corrected chi connectivity index (χ2v) is 3.85. The van der Waals surface area contributed by atoms with Gasteiger partial charge < -0.3 is 10.6 Å². The molecule has 1 aliphatic rings. The molecule has 0 heterocycles. The SMILES string of the molecule is CC1CC(N(C)CCCN)C1. The minimum absolute atomic E-state index is 0.826. The van der Waals surface area contributed by atoms with Crippen LogP contribution in [0, 0.1) is 5.92 Å². The molecule has 0 saturated heterocycles. The van der Waals surface area contributed by atoms with Gasteiger partial charge in [0, 0.05) is 6.04 Å². The smallest absolute Gasteiger partial charge is 0.00973 e. The Kier molecular flexibility index (Phi) is 3.34. The van der Waals surface area contributed by atoms with Gasteiger partial charge in [-0.25, -0.2) is 0 Å². The van der Waals surface area contributed by atoms with E-state index in [1.54, 1.807) is 0 Å². The number of hydrogen-bond acceptors (Lipinski definition) is 2. The maximum absolute atomic E-state index is 5.44. The summed E-state index contributed by atoms with van der Waals surface area (Å²) in [5, 5.41) is 0. The Morgan fingerprint density at radius 2 is 2.09 bits per heavy atom. The Morgan fingerprint density at radius 1 is 1.45 bits per heavy atom. The molecule has 0 aromatic heterocycles. The molecule has 0 amide bonds. The molecule has 11 heavy (non-hydrogen) atoms. The van der Waals surface area contributed by atoms with Crippen LogP contribution >= 0.6 is 0 Å². The summed E-state index contributed by atoms with van der Waals surface area (Å²) in [6.07, 6.45) is 3.92. The molecule has 1 rings (SSSR count). The van der Waals surface area contributed by atoms with Crippen molar-refractivity contribution in [2.24, 2.45) is 11.7 Å². The van der Waals surface area contributed by atoms with E-state index in [-0.39, 0.29) is 0 Å². The minimum Gasteiger partial charge on any atom is -0.330 e. The average molecular weight is 156 g/mol. The van der Waals surface area contributed by atoms with E-state index in [2.05, 4.69) is 18.9 Å². The van der Waals surface area contributed by atoms with Crippen LogP contribution in [0.3, 0.4) is 0 Å². The molecule has 0 aliphatic heterocycles. The monoisotopic (exact) mass is 156 g/mol. The Morgan fingerprint density at radius 3 is 2.55 bits per heavy atom. The lowest BCUT2D eigenvalue weighted by molar-refractivity contribution is 0.110. The summed E-state index contributed by atoms with van der Waals surface area (Å²) in [4.78, 5) is 2.45. The standard InChI is InChI=1S/C9H20N2/c1-8-6-9(7-8)11(2)5-3-4-10/h8-9H,3-7,10H2,1-2H3. The third-order valence-corrected chi connectivity index (χ3v) is 2.69. The molecule has 0 radical (unpaired) electrons. The first kappa shape index (κ1) is 9.01. The second kappa shape index (κ2) is 4.07. The van der Waals surface area contributed by atoms with Gasteiger partial charge in [0.15, 0.2) is 0 Å². The molecular weight excluding hydrogens is 136 g/mol. The van der Waals surface area contributed by atoms with Gasteiger partial charge >= 0.3 is 0 Å². The molecule has 0 aromatic carbocycles. The molecule has 2 heteroatoms. The van der Waals surface area contributed by atoms with Crippen molar-refractivity contribution in [1.29, 1.82) is 0 Å². The highest BCUT2D eigenvalue weighted by atomic mass is 15.1. The Bertz CT molecular complexity index is 108. The van der Waals surface area contributed by atoms with Gasteiger partial charge in [-0.2, -0.15) is 0 Å². The van der Waals surface area contributed by atoms with Gasteiger partial charge in [0.1, 0.15) is 0 Å². The van der Waals surface area contributed by atoms with Crippen LogP contribution in [0.1, 0.15) is 26.2 Å². The molecular formula is C9H20N2. The zero-order valence-corrected chi connectivity index (χ0v) is 7.71. The van der Waals surface area contributed by atoms with Crippen LogP contribution < -0.4 is 5.73 Å². The van der Waals surface area contributed by atoms with E-state index < -0.39 is 0 Å². The van der Waals surface area contributed by atoms with Crippen molar-refractivity contribution in [3.05, 3.63) is 0 Å². The fraction of sp³-hybridized carbons (Fsp3) is 1.00. The first-order valence-corrected chi connectivity index (χ1v) is 4.64. The molecule has 66 valence electrons. The predicted octanol–water partition coefficient (Wildman–Crippen LogP) is 1.07. The summed E-state index contributed by atoms with van der Waals surface area (Å²) in [6.45, 7) is 4.33. The van der Waals surface area contributed by atoms with E-state index in [4.69, 9.17) is 5.73 Å². The van der Waals surface area contributed by atoms with Crippen LogP contribution in [-0.2, 0) is 0 Å². The predicted molar refractivity (Wildman–Crippen MR) is 48.5 cm³/mol. The summed E-state index contributed by atoms with van der Waals surface area (Å²) in [5.41, 5.74) is 5.44. The van der Waals surface area contributed by atoms with E-state index in [1.807, 2.05) is 0 Å². The largest absolute Gasteiger partial charge is 0.330 e. The van der Waals surface area contributed by atoms with Crippen molar-refractivity contribution in [2.75, 3.05) is 20.1 Å². The van der Waals surface area contributed by atoms with Crippen molar-refractivity contribution in [1.82, 2.24) is 4.90 Å². The van der Waals surface area contributed by atoms with Gasteiger partial charge in [0.25, 0.3) is 0 Å². The van der Waals surface area contributed by atoms with Crippen molar-refractivity contribution in [2.45, 2.75) is 32.2 Å². The van der Waals surface area contributed by atoms with E-state index in [0.29, 0.717) is 0 Å². The molecule has 0 aromatic rings. The molecule has 1 fully saturated rings. The molecule has 2 nitrogen and oxygen atoms in total. The normalized spacial score (nSPS) is 30.5. The van der Waals surface area contributed by atoms with Crippen LogP contribution in [0.5, 0.6) is 0 Å². The van der Waals surface area contributed by atoms with E-state index in [1.165, 1.54) is 19.4 Å². The molecule has 0 unspecified atom stereocenters. The number of nitrogens with zero attached hydrogens (tertiary/aromatic N) is 1. The Labute approximate surface area is 69.8 Å². The highest BCUT2D eigenvalue weighted by Gasteiger charge is 2.27. The molecule has 1 saturated carbocycles. The highest BCUT2D eigenvalue weighted by molar-refractivity contribution is 4.83. The van der Waals surface area contributed by atoms with E-state index in [0.717, 1.165) is 24.9 Å². The fourth-order valence-electron chi connectivity index (χ4n) is 1.74. The zero-order valence-electron chi connectivity index (χ0n) is 7.71. The van der Waals surface area contributed by atoms with Gasteiger partial charge in [-0.05, 0) is 45.3 Å². The lowest BCUT2D eigenvalue weighted by Crippen LogP contribution is -2.42. The molecule has 1 aliphatic carbocycles. The maximum atomic E-state index is 5.44. The third kappa shape index (κ3) is 2.46. The fourth-order valence-corrected chi connectivity index (χ4v) is 1.74. The molecule has 0 spiro atoms. The summed E-state index contributed by atoms with van der Waals surface area (Å²) in [5.74, 6) is 0.959. The van der Waals surface area contributed by atoms with Gasteiger partial charge in [0.2, 0.25) is 0 Å². The quantitative estimate of drug-likeness (QED) is 0.659. The summed E-state index contributed by atoms with van der Waals surface area (Å²) in [6, 6.07) is 0.858. The van der Waals surface area contributed by atoms with Crippen molar-refractivity contribution in [3.8, 4) is 0 Å². The van der Waals surface area contributed by atoms with E-state index in [9.17, 15) is 0 Å². The van der Waals surface area contributed by atoms with Crippen molar-refractivity contribution in [3.63, 3.8) is 0 Å². The van der Waals surface area contributed by atoms with Crippen LogP contribution in [0.25, 0.3) is 0 Å². The Balaban J connectivity index is 2.06. The zero-order chi connectivity index (χ0) is 8.27. The van der Waals surface area contributed by atoms with Crippen LogP contribution in [0.4, 0.5) is 0 Å². The molecule has 0 atom stereocenters. The van der Waals surface area contributed by atoms with Crippen LogP contribution in [0.15, 0.2) is 0 Å². The first-order chi connectivity index (χ1) is 5.24. The maximum Gasteiger partial charge on any atom is 0.00973 e. The van der Waals surface area contributed by atoms with Gasteiger partial charge in [-0.3, -0.25) is 0 Å². The minimum atomic E-state index is 0.826. The van der Waals surface area contributed by atoms with Crippen LogP contribution in [-0.4, -0.2) is 31.1 Å². The number of rotatable bonds is 4. The van der Waals surface area contributed by atoms with Crippen molar-refractivity contribution >= 4 is 0 Å². The Hall–Kier alpha value is -0.0800. The van der Waals surface area contributed by atoms with E-state index >= 15 is 0 Å². The molecule has 2 N–H and O–H groups in total. The number of nitrogens with two attached hydrogens (primary N) is 1. The average Bonchev–Trinajstić information content (AvgIpc) is 1.94. The highest BCUT2D eigenvalue weighted by Crippen LogP contribution is 2.30. The lowest BCUT2D eigenvalue weighted by Gasteiger charge is -2.39. The topological polar surface area (TPSA) is 29.3 Å².